The van der Waals surface area contributed by atoms with Gasteiger partial charge in [0.2, 0.25) is 0 Å². The zero-order valence-electron chi connectivity index (χ0n) is 11.5. The molecule has 0 aromatic heterocycles. The number of aliphatic hydroxyl groups is 1. The fourth-order valence-electron chi connectivity index (χ4n) is 3.08. The smallest absolute Gasteiger partial charge is 0.149 e. The zero-order chi connectivity index (χ0) is 14.0. The molecule has 0 amide bonds. The normalized spacial score (nSPS) is 23.4. The summed E-state index contributed by atoms with van der Waals surface area (Å²) in [5.41, 5.74) is 0.291. The maximum absolute atomic E-state index is 14.0. The van der Waals surface area contributed by atoms with Gasteiger partial charge in [-0.05, 0) is 36.5 Å². The monoisotopic (exact) mass is 269 g/mol. The lowest BCUT2D eigenvalue weighted by Crippen LogP contribution is -2.40. The highest BCUT2D eigenvalue weighted by Crippen LogP contribution is 2.33. The molecule has 2 nitrogen and oxygen atoms in total. The molecule has 2 atom stereocenters. The largest absolute Gasteiger partial charge is 0.392 e. The molecule has 19 heavy (non-hydrogen) atoms. The van der Waals surface area contributed by atoms with Crippen LogP contribution in [0.25, 0.3) is 0 Å². The molecule has 0 aliphatic heterocycles. The average molecular weight is 269 g/mol. The maximum Gasteiger partial charge on any atom is 0.149 e. The molecular formula is C15H21F2NO. The van der Waals surface area contributed by atoms with Gasteiger partial charge < -0.3 is 10.0 Å². The number of halogens is 2. The summed E-state index contributed by atoms with van der Waals surface area (Å²) in [7, 11) is 1.76. The first-order valence-electron chi connectivity index (χ1n) is 6.86. The van der Waals surface area contributed by atoms with Crippen LogP contribution in [0.1, 0.15) is 38.2 Å². The lowest BCUT2D eigenvalue weighted by atomic mass is 9.85. The highest BCUT2D eigenvalue weighted by molar-refractivity contribution is 5.51. The van der Waals surface area contributed by atoms with Crippen molar-refractivity contribution in [2.75, 3.05) is 11.9 Å². The van der Waals surface area contributed by atoms with E-state index in [1.54, 1.807) is 11.9 Å². The predicted octanol–water partition coefficient (Wildman–Crippen LogP) is 3.47. The van der Waals surface area contributed by atoms with Crippen LogP contribution in [0.3, 0.4) is 0 Å². The summed E-state index contributed by atoms with van der Waals surface area (Å²) in [6, 6.07) is 2.60. The second kappa shape index (κ2) is 5.87. The minimum Gasteiger partial charge on any atom is -0.392 e. The van der Waals surface area contributed by atoms with Gasteiger partial charge >= 0.3 is 0 Å². The molecule has 1 aliphatic rings. The molecule has 2 unspecified atom stereocenters. The number of anilines is 1. The SMILES string of the molecule is CC1CCCCC1N(C)c1c(F)cc(CO)cc1F. The fraction of sp³-hybridized carbons (Fsp3) is 0.600. The van der Waals surface area contributed by atoms with Crippen molar-refractivity contribution in [3.05, 3.63) is 29.3 Å². The molecule has 0 radical (unpaired) electrons. The van der Waals surface area contributed by atoms with E-state index in [1.807, 2.05) is 0 Å². The molecule has 1 aromatic carbocycles. The van der Waals surface area contributed by atoms with E-state index in [0.717, 1.165) is 19.3 Å². The van der Waals surface area contributed by atoms with Gasteiger partial charge in [-0.25, -0.2) is 8.78 Å². The molecule has 4 heteroatoms. The van der Waals surface area contributed by atoms with Crippen LogP contribution in [-0.4, -0.2) is 18.2 Å². The number of rotatable bonds is 3. The minimum absolute atomic E-state index is 0.0240. The Kier molecular flexibility index (Phi) is 4.40. The Hall–Kier alpha value is -1.16. The topological polar surface area (TPSA) is 23.5 Å². The van der Waals surface area contributed by atoms with E-state index in [9.17, 15) is 8.78 Å². The molecule has 0 heterocycles. The second-order valence-electron chi connectivity index (χ2n) is 5.51. The molecule has 1 aromatic rings. The summed E-state index contributed by atoms with van der Waals surface area (Å²) in [4.78, 5) is 1.73. The van der Waals surface area contributed by atoms with E-state index in [1.165, 1.54) is 18.6 Å². The predicted molar refractivity (Wildman–Crippen MR) is 72.1 cm³/mol. The van der Waals surface area contributed by atoms with Crippen molar-refractivity contribution in [2.24, 2.45) is 5.92 Å². The third-order valence-electron chi connectivity index (χ3n) is 4.18. The lowest BCUT2D eigenvalue weighted by Gasteiger charge is -2.38. The zero-order valence-corrected chi connectivity index (χ0v) is 11.5. The molecular weight excluding hydrogens is 248 g/mol. The number of nitrogens with zero attached hydrogens (tertiary/aromatic N) is 1. The third-order valence-corrected chi connectivity index (χ3v) is 4.18. The van der Waals surface area contributed by atoms with Crippen molar-refractivity contribution in [3.63, 3.8) is 0 Å². The Balaban J connectivity index is 2.30. The molecule has 1 fully saturated rings. The number of hydrogen-bond acceptors (Lipinski definition) is 2. The van der Waals surface area contributed by atoms with Gasteiger partial charge in [0.25, 0.3) is 0 Å². The first-order valence-corrected chi connectivity index (χ1v) is 6.86. The van der Waals surface area contributed by atoms with Crippen molar-refractivity contribution in [3.8, 4) is 0 Å². The Morgan fingerprint density at radius 2 is 1.79 bits per heavy atom. The van der Waals surface area contributed by atoms with Crippen LogP contribution in [-0.2, 0) is 6.61 Å². The summed E-state index contributed by atoms with van der Waals surface area (Å²) in [5.74, 6) is -0.747. The van der Waals surface area contributed by atoms with Crippen LogP contribution < -0.4 is 4.90 Å². The van der Waals surface area contributed by atoms with Gasteiger partial charge in [-0.1, -0.05) is 19.8 Å². The molecule has 0 bridgehead atoms. The Morgan fingerprint density at radius 3 is 2.32 bits per heavy atom. The van der Waals surface area contributed by atoms with Gasteiger partial charge in [-0.3, -0.25) is 0 Å². The first kappa shape index (κ1) is 14.3. The van der Waals surface area contributed by atoms with Crippen LogP contribution in [0.2, 0.25) is 0 Å². The molecule has 1 N–H and O–H groups in total. The van der Waals surface area contributed by atoms with E-state index in [-0.39, 0.29) is 23.9 Å². The van der Waals surface area contributed by atoms with Crippen LogP contribution in [0.5, 0.6) is 0 Å². The molecule has 106 valence electrons. The van der Waals surface area contributed by atoms with Crippen molar-refractivity contribution >= 4 is 5.69 Å². The van der Waals surface area contributed by atoms with Crippen molar-refractivity contribution < 1.29 is 13.9 Å². The van der Waals surface area contributed by atoms with Crippen molar-refractivity contribution in [1.82, 2.24) is 0 Å². The second-order valence-corrected chi connectivity index (χ2v) is 5.51. The lowest BCUT2D eigenvalue weighted by molar-refractivity contribution is 0.280. The van der Waals surface area contributed by atoms with Gasteiger partial charge in [0, 0.05) is 13.1 Å². The van der Waals surface area contributed by atoms with Crippen molar-refractivity contribution in [1.29, 1.82) is 0 Å². The highest BCUT2D eigenvalue weighted by atomic mass is 19.1. The van der Waals surface area contributed by atoms with Crippen LogP contribution in [0.4, 0.5) is 14.5 Å². The summed E-state index contributed by atoms with van der Waals surface area (Å²) < 4.78 is 28.1. The van der Waals surface area contributed by atoms with Gasteiger partial charge in [0.05, 0.1) is 6.61 Å². The Labute approximate surface area is 113 Å². The number of aliphatic hydroxyl groups excluding tert-OH is 1. The third kappa shape index (κ3) is 2.89. The number of benzene rings is 1. The first-order chi connectivity index (χ1) is 9.04. The maximum atomic E-state index is 14.0. The van der Waals surface area contributed by atoms with Crippen LogP contribution in [0, 0.1) is 17.6 Å². The Morgan fingerprint density at radius 1 is 1.21 bits per heavy atom. The summed E-state index contributed by atoms with van der Waals surface area (Å²) in [6.45, 7) is 1.79. The minimum atomic E-state index is -0.593. The quantitative estimate of drug-likeness (QED) is 0.908. The molecule has 2 rings (SSSR count). The Bertz CT molecular complexity index is 427. The van der Waals surface area contributed by atoms with Gasteiger partial charge in [0.1, 0.15) is 17.3 Å². The summed E-state index contributed by atoms with van der Waals surface area (Å²) >= 11 is 0. The van der Waals surface area contributed by atoms with E-state index < -0.39 is 11.6 Å². The van der Waals surface area contributed by atoms with E-state index in [2.05, 4.69) is 6.92 Å². The number of hydrogen-bond donors (Lipinski definition) is 1. The molecule has 1 saturated carbocycles. The average Bonchev–Trinajstić information content (AvgIpc) is 2.38. The standard InChI is InChI=1S/C15H21F2NO/c1-10-5-3-4-6-14(10)18(2)15-12(16)7-11(9-19)8-13(15)17/h7-8,10,14,19H,3-6,9H2,1-2H3. The van der Waals surface area contributed by atoms with Gasteiger partial charge in [-0.2, -0.15) is 0 Å². The van der Waals surface area contributed by atoms with E-state index >= 15 is 0 Å². The molecule has 1 aliphatic carbocycles. The van der Waals surface area contributed by atoms with Gasteiger partial charge in [0.15, 0.2) is 0 Å². The van der Waals surface area contributed by atoms with Gasteiger partial charge in [-0.15, -0.1) is 0 Å². The van der Waals surface area contributed by atoms with Crippen LogP contribution in [0.15, 0.2) is 12.1 Å². The van der Waals surface area contributed by atoms with E-state index in [0.29, 0.717) is 5.92 Å². The highest BCUT2D eigenvalue weighted by Gasteiger charge is 2.28. The molecule has 0 saturated heterocycles. The molecule has 0 spiro atoms. The fourth-order valence-corrected chi connectivity index (χ4v) is 3.08. The van der Waals surface area contributed by atoms with Crippen molar-refractivity contribution in [2.45, 2.75) is 45.3 Å². The summed E-state index contributed by atoms with van der Waals surface area (Å²) in [6.07, 6.45) is 4.38. The van der Waals surface area contributed by atoms with Crippen LogP contribution >= 0.6 is 0 Å². The van der Waals surface area contributed by atoms with E-state index in [4.69, 9.17) is 5.11 Å². The summed E-state index contributed by atoms with van der Waals surface area (Å²) in [5, 5.41) is 8.96.